The largest absolute Gasteiger partial charge is 0.326 e. The van der Waals surface area contributed by atoms with Gasteiger partial charge in [-0.1, -0.05) is 35.5 Å². The van der Waals surface area contributed by atoms with Gasteiger partial charge >= 0.3 is 0 Å². The fourth-order valence-electron chi connectivity index (χ4n) is 2.53. The topological polar surface area (TPSA) is 64.0 Å². The summed E-state index contributed by atoms with van der Waals surface area (Å²) in [5, 5.41) is 4.69. The fourth-order valence-corrected chi connectivity index (χ4v) is 3.66. The van der Waals surface area contributed by atoms with Crippen molar-refractivity contribution in [2.45, 2.75) is 25.0 Å². The van der Waals surface area contributed by atoms with Crippen molar-refractivity contribution in [1.29, 1.82) is 0 Å². The van der Waals surface area contributed by atoms with E-state index in [1.807, 2.05) is 25.1 Å². The zero-order valence-electron chi connectivity index (χ0n) is 14.2. The average molecular weight is 388 g/mol. The molecule has 0 spiro atoms. The molecule has 1 amide bonds. The van der Waals surface area contributed by atoms with Gasteiger partial charge in [-0.3, -0.25) is 14.2 Å². The van der Waals surface area contributed by atoms with Crippen molar-refractivity contribution in [1.82, 2.24) is 9.55 Å². The zero-order valence-corrected chi connectivity index (χ0v) is 15.8. The summed E-state index contributed by atoms with van der Waals surface area (Å²) in [7, 11) is 0. The standard InChI is InChI=1S/C19H18ClN3O2S/c1-2-23-18(25)15-5-3-4-6-16(15)22-19(23)26-12-11-17(24)21-14-9-7-13(20)8-10-14/h3-10H,2,11-12H2,1H3,(H,21,24). The summed E-state index contributed by atoms with van der Waals surface area (Å²) < 4.78 is 1.64. The second-order valence-electron chi connectivity index (χ2n) is 5.61. The van der Waals surface area contributed by atoms with E-state index in [1.54, 1.807) is 34.9 Å². The molecule has 0 saturated carbocycles. The Bertz CT molecular complexity index is 986. The normalized spacial score (nSPS) is 10.8. The van der Waals surface area contributed by atoms with Crippen molar-refractivity contribution in [2.24, 2.45) is 0 Å². The molecule has 3 rings (SSSR count). The van der Waals surface area contributed by atoms with Gasteiger partial charge in [0.05, 0.1) is 10.9 Å². The van der Waals surface area contributed by atoms with E-state index in [1.165, 1.54) is 11.8 Å². The first-order chi connectivity index (χ1) is 12.6. The van der Waals surface area contributed by atoms with Gasteiger partial charge in [-0.05, 0) is 43.3 Å². The monoisotopic (exact) mass is 387 g/mol. The molecule has 1 heterocycles. The van der Waals surface area contributed by atoms with E-state index in [9.17, 15) is 9.59 Å². The predicted molar refractivity (Wildman–Crippen MR) is 107 cm³/mol. The van der Waals surface area contributed by atoms with Crippen LogP contribution in [0.25, 0.3) is 10.9 Å². The highest BCUT2D eigenvalue weighted by atomic mass is 35.5. The van der Waals surface area contributed by atoms with E-state index in [-0.39, 0.29) is 11.5 Å². The molecule has 1 aromatic heterocycles. The molecule has 134 valence electrons. The third-order valence-electron chi connectivity index (χ3n) is 3.83. The number of nitrogens with one attached hydrogen (secondary N) is 1. The molecule has 0 aliphatic rings. The number of rotatable bonds is 6. The van der Waals surface area contributed by atoms with Crippen LogP contribution in [0.4, 0.5) is 5.69 Å². The number of hydrogen-bond donors (Lipinski definition) is 1. The number of fused-ring (bicyclic) bond motifs is 1. The lowest BCUT2D eigenvalue weighted by molar-refractivity contribution is -0.115. The lowest BCUT2D eigenvalue weighted by atomic mass is 10.2. The fraction of sp³-hybridized carbons (Fsp3) is 0.211. The minimum absolute atomic E-state index is 0.0498. The number of thioether (sulfide) groups is 1. The number of carbonyl (C=O) groups excluding carboxylic acids is 1. The van der Waals surface area contributed by atoms with E-state index >= 15 is 0 Å². The first kappa shape index (κ1) is 18.5. The van der Waals surface area contributed by atoms with Crippen LogP contribution in [-0.4, -0.2) is 21.2 Å². The van der Waals surface area contributed by atoms with Crippen LogP contribution < -0.4 is 10.9 Å². The lowest BCUT2D eigenvalue weighted by Crippen LogP contribution is -2.22. The molecule has 2 aromatic carbocycles. The summed E-state index contributed by atoms with van der Waals surface area (Å²) in [5.74, 6) is 0.440. The molecule has 0 aliphatic heterocycles. The van der Waals surface area contributed by atoms with Crippen LogP contribution in [0.1, 0.15) is 13.3 Å². The minimum atomic E-state index is -0.0917. The number of amides is 1. The Balaban J connectivity index is 1.66. The van der Waals surface area contributed by atoms with Crippen molar-refractivity contribution in [3.05, 3.63) is 63.9 Å². The third-order valence-corrected chi connectivity index (χ3v) is 5.06. The molecule has 5 nitrogen and oxygen atoms in total. The van der Waals surface area contributed by atoms with Gasteiger partial charge in [-0.25, -0.2) is 4.98 Å². The molecule has 0 saturated heterocycles. The highest BCUT2D eigenvalue weighted by molar-refractivity contribution is 7.99. The molecule has 1 N–H and O–H groups in total. The molecule has 0 fully saturated rings. The zero-order chi connectivity index (χ0) is 18.5. The molecule has 0 atom stereocenters. The highest BCUT2D eigenvalue weighted by Crippen LogP contribution is 2.19. The first-order valence-corrected chi connectivity index (χ1v) is 9.62. The number of benzene rings is 2. The molecule has 0 unspecified atom stereocenters. The maximum atomic E-state index is 12.6. The smallest absolute Gasteiger partial charge is 0.262 e. The maximum absolute atomic E-state index is 12.6. The average Bonchev–Trinajstić information content (AvgIpc) is 2.64. The summed E-state index contributed by atoms with van der Waals surface area (Å²) >= 11 is 7.24. The summed E-state index contributed by atoms with van der Waals surface area (Å²) in [5.41, 5.74) is 1.33. The van der Waals surface area contributed by atoms with Crippen LogP contribution in [-0.2, 0) is 11.3 Å². The van der Waals surface area contributed by atoms with E-state index in [4.69, 9.17) is 11.6 Å². The number of nitrogens with zero attached hydrogens (tertiary/aromatic N) is 2. The van der Waals surface area contributed by atoms with Gasteiger partial charge in [-0.2, -0.15) is 0 Å². The predicted octanol–water partition coefficient (Wildman–Crippen LogP) is 4.19. The Morgan fingerprint density at radius 1 is 1.19 bits per heavy atom. The molecule has 0 radical (unpaired) electrons. The van der Waals surface area contributed by atoms with Crippen molar-refractivity contribution < 1.29 is 4.79 Å². The summed E-state index contributed by atoms with van der Waals surface area (Å²) in [6.45, 7) is 2.45. The number of carbonyl (C=O) groups is 1. The van der Waals surface area contributed by atoms with Crippen molar-refractivity contribution in [3.63, 3.8) is 0 Å². The van der Waals surface area contributed by atoms with Crippen LogP contribution in [0.15, 0.2) is 58.5 Å². The van der Waals surface area contributed by atoms with Crippen molar-refractivity contribution >= 4 is 45.9 Å². The van der Waals surface area contributed by atoms with Gasteiger partial charge in [-0.15, -0.1) is 0 Å². The third kappa shape index (κ3) is 4.26. The van der Waals surface area contributed by atoms with Crippen LogP contribution in [0.2, 0.25) is 5.02 Å². The molecule has 0 aliphatic carbocycles. The van der Waals surface area contributed by atoms with Crippen molar-refractivity contribution in [3.8, 4) is 0 Å². The summed E-state index contributed by atoms with van der Waals surface area (Å²) in [4.78, 5) is 29.2. The van der Waals surface area contributed by atoms with Gasteiger partial charge in [0, 0.05) is 29.4 Å². The number of para-hydroxylation sites is 1. The van der Waals surface area contributed by atoms with Gasteiger partial charge in [0.1, 0.15) is 0 Å². The molecule has 26 heavy (non-hydrogen) atoms. The van der Waals surface area contributed by atoms with Gasteiger partial charge < -0.3 is 5.32 Å². The number of anilines is 1. The first-order valence-electron chi connectivity index (χ1n) is 8.26. The van der Waals surface area contributed by atoms with Crippen LogP contribution >= 0.6 is 23.4 Å². The van der Waals surface area contributed by atoms with E-state index in [0.717, 1.165) is 0 Å². The Labute approximate surface area is 160 Å². The van der Waals surface area contributed by atoms with Crippen LogP contribution in [0, 0.1) is 0 Å². The number of halogens is 1. The summed E-state index contributed by atoms with van der Waals surface area (Å²) in [6, 6.07) is 14.3. The molecular formula is C19H18ClN3O2S. The Morgan fingerprint density at radius 3 is 2.65 bits per heavy atom. The SMILES string of the molecule is CCn1c(SCCC(=O)Nc2ccc(Cl)cc2)nc2ccccc2c1=O. The van der Waals surface area contributed by atoms with E-state index < -0.39 is 0 Å². The Morgan fingerprint density at radius 2 is 1.92 bits per heavy atom. The molecule has 7 heteroatoms. The molecular weight excluding hydrogens is 370 g/mol. The number of hydrogen-bond acceptors (Lipinski definition) is 4. The number of aromatic nitrogens is 2. The second kappa shape index (κ2) is 8.38. The van der Waals surface area contributed by atoms with Crippen LogP contribution in [0.5, 0.6) is 0 Å². The molecule has 0 bridgehead atoms. The van der Waals surface area contributed by atoms with Gasteiger partial charge in [0.15, 0.2) is 5.16 Å². The second-order valence-corrected chi connectivity index (χ2v) is 7.11. The Kier molecular flexibility index (Phi) is 5.96. The van der Waals surface area contributed by atoms with Crippen LogP contribution in [0.3, 0.4) is 0 Å². The van der Waals surface area contributed by atoms with Crippen molar-refractivity contribution in [2.75, 3.05) is 11.1 Å². The quantitative estimate of drug-likeness (QED) is 0.508. The minimum Gasteiger partial charge on any atom is -0.326 e. The lowest BCUT2D eigenvalue weighted by Gasteiger charge is -2.11. The van der Waals surface area contributed by atoms with Gasteiger partial charge in [0.2, 0.25) is 5.91 Å². The van der Waals surface area contributed by atoms with E-state index in [2.05, 4.69) is 10.3 Å². The maximum Gasteiger partial charge on any atom is 0.262 e. The highest BCUT2D eigenvalue weighted by Gasteiger charge is 2.11. The van der Waals surface area contributed by atoms with E-state index in [0.29, 0.717) is 45.5 Å². The Hall–Kier alpha value is -2.31. The summed E-state index contributed by atoms with van der Waals surface area (Å²) in [6.07, 6.45) is 0.319. The van der Waals surface area contributed by atoms with Gasteiger partial charge in [0.25, 0.3) is 5.56 Å². The molecule has 3 aromatic rings.